The number of nitrogens with one attached hydrogen (secondary N) is 1. The van der Waals surface area contributed by atoms with Crippen LogP contribution in [-0.2, 0) is 6.61 Å². The number of rotatable bonds is 5. The second-order valence-corrected chi connectivity index (χ2v) is 5.35. The third-order valence-corrected chi connectivity index (χ3v) is 3.56. The molecule has 0 radical (unpaired) electrons. The molecule has 1 amide bonds. The number of carbonyl (C=O) groups is 1. The molecule has 3 nitrogen and oxygen atoms in total. The number of ether oxygens (including phenoxy) is 1. The minimum absolute atomic E-state index is 0.0980. The van der Waals surface area contributed by atoms with E-state index >= 15 is 0 Å². The van der Waals surface area contributed by atoms with Crippen molar-refractivity contribution in [1.29, 1.82) is 0 Å². The number of hydrogen-bond acceptors (Lipinski definition) is 2. The first-order valence-electron chi connectivity index (χ1n) is 7.65. The highest BCUT2D eigenvalue weighted by molar-refractivity contribution is 6.06. The molecule has 0 bridgehead atoms. The second-order valence-electron chi connectivity index (χ2n) is 5.35. The van der Waals surface area contributed by atoms with Gasteiger partial charge >= 0.3 is 0 Å². The van der Waals surface area contributed by atoms with E-state index in [0.29, 0.717) is 5.75 Å². The van der Waals surface area contributed by atoms with Crippen LogP contribution >= 0.6 is 0 Å². The summed E-state index contributed by atoms with van der Waals surface area (Å²) in [4.78, 5) is 12.4. The number of para-hydroxylation sites is 2. The lowest BCUT2D eigenvalue weighted by Gasteiger charge is -2.12. The zero-order valence-corrected chi connectivity index (χ0v) is 13.2. The Kier molecular flexibility index (Phi) is 5.04. The molecule has 0 unspecified atom stereocenters. The van der Waals surface area contributed by atoms with Gasteiger partial charge in [0.2, 0.25) is 0 Å². The lowest BCUT2D eigenvalue weighted by molar-refractivity contribution is 0.102. The van der Waals surface area contributed by atoms with E-state index in [1.54, 1.807) is 48.5 Å². The molecule has 3 aromatic rings. The Morgan fingerprint density at radius 3 is 2.32 bits per heavy atom. The van der Waals surface area contributed by atoms with E-state index in [-0.39, 0.29) is 23.7 Å². The summed E-state index contributed by atoms with van der Waals surface area (Å²) in [6, 6.07) is 18.5. The van der Waals surface area contributed by atoms with Gasteiger partial charge in [-0.05, 0) is 42.0 Å². The molecule has 25 heavy (non-hydrogen) atoms. The summed E-state index contributed by atoms with van der Waals surface area (Å²) in [6.07, 6.45) is 0. The number of carbonyl (C=O) groups excluding carboxylic acids is 1. The van der Waals surface area contributed by atoms with Crippen LogP contribution in [0, 0.1) is 11.6 Å². The fourth-order valence-electron chi connectivity index (χ4n) is 2.27. The van der Waals surface area contributed by atoms with E-state index in [9.17, 15) is 13.6 Å². The molecule has 0 aliphatic heterocycles. The van der Waals surface area contributed by atoms with E-state index in [1.807, 2.05) is 0 Å². The van der Waals surface area contributed by atoms with Crippen LogP contribution in [0.1, 0.15) is 15.9 Å². The lowest BCUT2D eigenvalue weighted by Crippen LogP contribution is -2.14. The number of amides is 1. The average molecular weight is 339 g/mol. The number of anilines is 1. The van der Waals surface area contributed by atoms with Crippen molar-refractivity contribution >= 4 is 11.6 Å². The smallest absolute Gasteiger partial charge is 0.259 e. The number of halogens is 2. The molecule has 0 aromatic heterocycles. The van der Waals surface area contributed by atoms with Gasteiger partial charge in [0.15, 0.2) is 0 Å². The molecule has 0 saturated heterocycles. The van der Waals surface area contributed by atoms with Gasteiger partial charge in [0.1, 0.15) is 24.0 Å². The molecule has 0 aliphatic carbocycles. The van der Waals surface area contributed by atoms with Gasteiger partial charge in [-0.1, -0.05) is 36.4 Å². The first-order chi connectivity index (χ1) is 12.1. The van der Waals surface area contributed by atoms with Crippen LogP contribution < -0.4 is 10.1 Å². The van der Waals surface area contributed by atoms with Gasteiger partial charge in [-0.3, -0.25) is 4.79 Å². The van der Waals surface area contributed by atoms with E-state index in [2.05, 4.69) is 5.32 Å². The monoisotopic (exact) mass is 339 g/mol. The van der Waals surface area contributed by atoms with Crippen molar-refractivity contribution in [3.63, 3.8) is 0 Å². The SMILES string of the molecule is O=C(Nc1ccccc1F)c1ccccc1OCc1ccc(F)cc1. The van der Waals surface area contributed by atoms with Gasteiger partial charge in [0, 0.05) is 0 Å². The van der Waals surface area contributed by atoms with Crippen molar-refractivity contribution in [1.82, 2.24) is 0 Å². The minimum atomic E-state index is -0.513. The standard InChI is InChI=1S/C20H15F2NO2/c21-15-11-9-14(10-12-15)13-25-19-8-4-1-5-16(19)20(24)23-18-7-3-2-6-17(18)22/h1-12H,13H2,(H,23,24). The van der Waals surface area contributed by atoms with Crippen molar-refractivity contribution in [2.45, 2.75) is 6.61 Å². The molecule has 5 heteroatoms. The minimum Gasteiger partial charge on any atom is -0.488 e. The first-order valence-corrected chi connectivity index (χ1v) is 7.65. The third kappa shape index (κ3) is 4.20. The van der Waals surface area contributed by atoms with Gasteiger partial charge in [0.25, 0.3) is 5.91 Å². The average Bonchev–Trinajstić information content (AvgIpc) is 2.63. The Balaban J connectivity index is 1.75. The summed E-state index contributed by atoms with van der Waals surface area (Å²) in [6.45, 7) is 0.185. The quantitative estimate of drug-likeness (QED) is 0.725. The normalized spacial score (nSPS) is 10.3. The maximum atomic E-state index is 13.7. The largest absolute Gasteiger partial charge is 0.488 e. The van der Waals surface area contributed by atoms with Crippen LogP contribution in [0.25, 0.3) is 0 Å². The van der Waals surface area contributed by atoms with Crippen LogP contribution in [0.2, 0.25) is 0 Å². The summed E-state index contributed by atoms with van der Waals surface area (Å²) in [5, 5.41) is 2.53. The van der Waals surface area contributed by atoms with Gasteiger partial charge in [-0.25, -0.2) is 8.78 Å². The predicted molar refractivity (Wildman–Crippen MR) is 91.5 cm³/mol. The highest BCUT2D eigenvalue weighted by atomic mass is 19.1. The van der Waals surface area contributed by atoms with Crippen molar-refractivity contribution in [3.05, 3.63) is 95.6 Å². The van der Waals surface area contributed by atoms with Gasteiger partial charge < -0.3 is 10.1 Å². The molecule has 0 aliphatic rings. The predicted octanol–water partition coefficient (Wildman–Crippen LogP) is 4.80. The Labute approximate surface area is 143 Å². The summed E-state index contributed by atoms with van der Waals surface area (Å²) in [5.74, 6) is -0.950. The molecular weight excluding hydrogens is 324 g/mol. The maximum absolute atomic E-state index is 13.7. The molecule has 3 rings (SSSR count). The van der Waals surface area contributed by atoms with Gasteiger partial charge in [-0.2, -0.15) is 0 Å². The first kappa shape index (κ1) is 16.6. The van der Waals surface area contributed by atoms with Crippen LogP contribution in [0.4, 0.5) is 14.5 Å². The maximum Gasteiger partial charge on any atom is 0.259 e. The summed E-state index contributed by atoms with van der Waals surface area (Å²) >= 11 is 0. The van der Waals surface area contributed by atoms with Crippen molar-refractivity contribution in [2.24, 2.45) is 0 Å². The molecular formula is C20H15F2NO2. The zero-order chi connectivity index (χ0) is 17.6. The highest BCUT2D eigenvalue weighted by Gasteiger charge is 2.14. The molecule has 126 valence electrons. The molecule has 0 atom stereocenters. The Morgan fingerprint density at radius 2 is 1.56 bits per heavy atom. The fraction of sp³-hybridized carbons (Fsp3) is 0.0500. The van der Waals surface area contributed by atoms with Crippen LogP contribution in [0.5, 0.6) is 5.75 Å². The molecule has 3 aromatic carbocycles. The topological polar surface area (TPSA) is 38.3 Å². The number of benzene rings is 3. The summed E-state index contributed by atoms with van der Waals surface area (Å²) in [7, 11) is 0. The molecule has 0 saturated carbocycles. The van der Waals surface area contributed by atoms with Crippen molar-refractivity contribution in [2.75, 3.05) is 5.32 Å². The lowest BCUT2D eigenvalue weighted by atomic mass is 10.1. The van der Waals surface area contributed by atoms with E-state index in [1.165, 1.54) is 24.3 Å². The third-order valence-electron chi connectivity index (χ3n) is 3.56. The summed E-state index contributed by atoms with van der Waals surface area (Å²) in [5.41, 5.74) is 1.15. The fourth-order valence-corrected chi connectivity index (χ4v) is 2.27. The van der Waals surface area contributed by atoms with Crippen LogP contribution in [0.15, 0.2) is 72.8 Å². The Bertz CT molecular complexity index is 879. The molecule has 0 fully saturated rings. The van der Waals surface area contributed by atoms with E-state index in [4.69, 9.17) is 4.74 Å². The van der Waals surface area contributed by atoms with Crippen LogP contribution in [0.3, 0.4) is 0 Å². The van der Waals surface area contributed by atoms with Crippen molar-refractivity contribution < 1.29 is 18.3 Å². The van der Waals surface area contributed by atoms with Crippen LogP contribution in [-0.4, -0.2) is 5.91 Å². The van der Waals surface area contributed by atoms with Gasteiger partial charge in [-0.15, -0.1) is 0 Å². The van der Waals surface area contributed by atoms with Crippen molar-refractivity contribution in [3.8, 4) is 5.75 Å². The summed E-state index contributed by atoms with van der Waals surface area (Å²) < 4.78 is 32.3. The molecule has 0 heterocycles. The highest BCUT2D eigenvalue weighted by Crippen LogP contribution is 2.22. The van der Waals surface area contributed by atoms with E-state index in [0.717, 1.165) is 5.56 Å². The molecule has 1 N–H and O–H groups in total. The van der Waals surface area contributed by atoms with E-state index < -0.39 is 11.7 Å². The number of hydrogen-bond donors (Lipinski definition) is 1. The zero-order valence-electron chi connectivity index (χ0n) is 13.2. The Hall–Kier alpha value is -3.21. The Morgan fingerprint density at radius 1 is 0.880 bits per heavy atom. The van der Waals surface area contributed by atoms with Gasteiger partial charge in [0.05, 0.1) is 11.3 Å². The molecule has 0 spiro atoms. The second kappa shape index (κ2) is 7.57.